The van der Waals surface area contributed by atoms with E-state index in [0.717, 1.165) is 31.2 Å². The van der Waals surface area contributed by atoms with Gasteiger partial charge in [-0.05, 0) is 32.2 Å². The van der Waals surface area contributed by atoms with Gasteiger partial charge in [0.15, 0.2) is 5.82 Å². The summed E-state index contributed by atoms with van der Waals surface area (Å²) in [7, 11) is 0. The topological polar surface area (TPSA) is 53.6 Å². The summed E-state index contributed by atoms with van der Waals surface area (Å²) in [6.07, 6.45) is 8.95. The maximum atomic E-state index is 4.85. The lowest BCUT2D eigenvalue weighted by Crippen LogP contribution is -2.29. The molecular formula is C14H24N4. The summed E-state index contributed by atoms with van der Waals surface area (Å²) in [6, 6.07) is 0. The average molecular weight is 248 g/mol. The molecule has 1 aliphatic carbocycles. The van der Waals surface area contributed by atoms with Crippen molar-refractivity contribution in [1.82, 2.24) is 20.5 Å². The Labute approximate surface area is 109 Å². The minimum atomic E-state index is 0.184. The Kier molecular flexibility index (Phi) is 3.37. The number of aromatic nitrogens is 3. The van der Waals surface area contributed by atoms with Crippen molar-refractivity contribution in [2.24, 2.45) is 0 Å². The van der Waals surface area contributed by atoms with Gasteiger partial charge in [-0.2, -0.15) is 5.10 Å². The molecule has 2 aliphatic rings. The van der Waals surface area contributed by atoms with Crippen molar-refractivity contribution in [3.8, 4) is 0 Å². The number of nitrogens with one attached hydrogen (secondary N) is 2. The standard InChI is InChI=1S/C14H24N4/c1-2-14(8-9-15-10-14)13-16-12(17-18-13)11-6-4-3-5-7-11/h11,15H,2-10H2,1H3,(H,16,17,18). The van der Waals surface area contributed by atoms with Crippen molar-refractivity contribution in [3.05, 3.63) is 11.6 Å². The lowest BCUT2D eigenvalue weighted by Gasteiger charge is -2.22. The third kappa shape index (κ3) is 2.07. The molecular weight excluding hydrogens is 224 g/mol. The van der Waals surface area contributed by atoms with Gasteiger partial charge in [0, 0.05) is 17.9 Å². The molecule has 2 N–H and O–H groups in total. The van der Waals surface area contributed by atoms with Crippen LogP contribution >= 0.6 is 0 Å². The van der Waals surface area contributed by atoms with E-state index in [0.29, 0.717) is 5.92 Å². The molecule has 1 unspecified atom stereocenters. The molecule has 18 heavy (non-hydrogen) atoms. The maximum Gasteiger partial charge on any atom is 0.158 e. The zero-order valence-corrected chi connectivity index (χ0v) is 11.3. The highest BCUT2D eigenvalue weighted by Crippen LogP contribution is 2.34. The highest BCUT2D eigenvalue weighted by molar-refractivity contribution is 5.13. The first-order valence-corrected chi connectivity index (χ1v) is 7.47. The van der Waals surface area contributed by atoms with Crippen LogP contribution in [0, 0.1) is 0 Å². The number of hydrogen-bond acceptors (Lipinski definition) is 3. The summed E-state index contributed by atoms with van der Waals surface area (Å²) in [6.45, 7) is 4.39. The van der Waals surface area contributed by atoms with E-state index in [4.69, 9.17) is 4.98 Å². The van der Waals surface area contributed by atoms with Gasteiger partial charge in [0.25, 0.3) is 0 Å². The van der Waals surface area contributed by atoms with Crippen molar-refractivity contribution in [3.63, 3.8) is 0 Å². The second kappa shape index (κ2) is 5.00. The van der Waals surface area contributed by atoms with E-state index in [1.165, 1.54) is 38.5 Å². The quantitative estimate of drug-likeness (QED) is 0.864. The van der Waals surface area contributed by atoms with Gasteiger partial charge in [0.1, 0.15) is 5.82 Å². The van der Waals surface area contributed by atoms with Gasteiger partial charge in [0.2, 0.25) is 0 Å². The third-order valence-corrected chi connectivity index (χ3v) is 4.89. The van der Waals surface area contributed by atoms with E-state index in [9.17, 15) is 0 Å². The Morgan fingerprint density at radius 1 is 1.28 bits per heavy atom. The summed E-state index contributed by atoms with van der Waals surface area (Å²) in [5, 5.41) is 11.2. The van der Waals surface area contributed by atoms with Crippen LogP contribution in [0.3, 0.4) is 0 Å². The Morgan fingerprint density at radius 3 is 2.78 bits per heavy atom. The van der Waals surface area contributed by atoms with Gasteiger partial charge >= 0.3 is 0 Å². The fraction of sp³-hybridized carbons (Fsp3) is 0.857. The summed E-state index contributed by atoms with van der Waals surface area (Å²) < 4.78 is 0. The average Bonchev–Trinajstić information content (AvgIpc) is 3.09. The zero-order valence-electron chi connectivity index (χ0n) is 11.3. The van der Waals surface area contributed by atoms with Crippen LogP contribution in [0.25, 0.3) is 0 Å². The normalized spacial score (nSPS) is 29.8. The molecule has 0 spiro atoms. The highest BCUT2D eigenvalue weighted by atomic mass is 15.2. The van der Waals surface area contributed by atoms with Crippen molar-refractivity contribution < 1.29 is 0 Å². The molecule has 4 heteroatoms. The van der Waals surface area contributed by atoms with Gasteiger partial charge in [-0.1, -0.05) is 26.2 Å². The van der Waals surface area contributed by atoms with Gasteiger partial charge in [-0.3, -0.25) is 5.10 Å². The van der Waals surface area contributed by atoms with E-state index >= 15 is 0 Å². The molecule has 1 saturated heterocycles. The van der Waals surface area contributed by atoms with Crippen molar-refractivity contribution in [2.45, 2.75) is 63.2 Å². The molecule has 0 aromatic carbocycles. The van der Waals surface area contributed by atoms with Crippen LogP contribution in [0.2, 0.25) is 0 Å². The minimum absolute atomic E-state index is 0.184. The molecule has 1 aromatic heterocycles. The SMILES string of the molecule is CCC1(c2n[nH]c(C3CCCCC3)n2)CCNC1. The van der Waals surface area contributed by atoms with E-state index in [2.05, 4.69) is 22.4 Å². The summed E-state index contributed by atoms with van der Waals surface area (Å²) in [4.78, 5) is 4.85. The van der Waals surface area contributed by atoms with Crippen LogP contribution in [0.1, 0.15) is 69.4 Å². The number of aromatic amines is 1. The first-order valence-electron chi connectivity index (χ1n) is 7.47. The van der Waals surface area contributed by atoms with Crippen molar-refractivity contribution in [2.75, 3.05) is 13.1 Å². The largest absolute Gasteiger partial charge is 0.316 e. The Bertz CT molecular complexity index is 386. The first kappa shape index (κ1) is 12.2. The fourth-order valence-electron chi connectivity index (χ4n) is 3.46. The van der Waals surface area contributed by atoms with E-state index < -0.39 is 0 Å². The number of hydrogen-bond donors (Lipinski definition) is 2. The van der Waals surface area contributed by atoms with Crippen LogP contribution in [0.4, 0.5) is 0 Å². The lowest BCUT2D eigenvalue weighted by molar-refractivity contribution is 0.419. The van der Waals surface area contributed by atoms with Crippen molar-refractivity contribution >= 4 is 0 Å². The summed E-state index contributed by atoms with van der Waals surface area (Å²) in [5.74, 6) is 2.82. The molecule has 0 radical (unpaired) electrons. The van der Waals surface area contributed by atoms with Gasteiger partial charge in [0.05, 0.1) is 0 Å². The number of H-pyrrole nitrogens is 1. The van der Waals surface area contributed by atoms with Gasteiger partial charge in [-0.15, -0.1) is 0 Å². The monoisotopic (exact) mass is 248 g/mol. The second-order valence-corrected chi connectivity index (χ2v) is 5.94. The molecule has 1 saturated carbocycles. The number of nitrogens with zero attached hydrogens (tertiary/aromatic N) is 2. The molecule has 0 bridgehead atoms. The maximum absolute atomic E-state index is 4.85. The van der Waals surface area contributed by atoms with Crippen LogP contribution in [0.15, 0.2) is 0 Å². The smallest absolute Gasteiger partial charge is 0.158 e. The Morgan fingerprint density at radius 2 is 2.11 bits per heavy atom. The molecule has 1 atom stereocenters. The van der Waals surface area contributed by atoms with Gasteiger partial charge < -0.3 is 5.32 Å². The molecule has 0 amide bonds. The van der Waals surface area contributed by atoms with E-state index in [-0.39, 0.29) is 5.41 Å². The molecule has 1 aromatic rings. The van der Waals surface area contributed by atoms with Crippen LogP contribution < -0.4 is 5.32 Å². The molecule has 2 heterocycles. The highest BCUT2D eigenvalue weighted by Gasteiger charge is 2.38. The minimum Gasteiger partial charge on any atom is -0.316 e. The van der Waals surface area contributed by atoms with Crippen LogP contribution in [-0.2, 0) is 5.41 Å². The lowest BCUT2D eigenvalue weighted by atomic mass is 9.83. The molecule has 2 fully saturated rings. The predicted molar refractivity (Wildman–Crippen MR) is 71.7 cm³/mol. The van der Waals surface area contributed by atoms with E-state index in [1.54, 1.807) is 0 Å². The number of rotatable bonds is 3. The summed E-state index contributed by atoms with van der Waals surface area (Å²) >= 11 is 0. The predicted octanol–water partition coefficient (Wildman–Crippen LogP) is 2.49. The molecule has 1 aliphatic heterocycles. The van der Waals surface area contributed by atoms with Crippen LogP contribution in [-0.4, -0.2) is 28.3 Å². The zero-order chi connectivity index (χ0) is 12.4. The first-order chi connectivity index (χ1) is 8.84. The van der Waals surface area contributed by atoms with E-state index in [1.807, 2.05) is 0 Å². The Balaban J connectivity index is 1.79. The third-order valence-electron chi connectivity index (χ3n) is 4.89. The van der Waals surface area contributed by atoms with Gasteiger partial charge in [-0.25, -0.2) is 4.98 Å². The van der Waals surface area contributed by atoms with Crippen molar-refractivity contribution in [1.29, 1.82) is 0 Å². The summed E-state index contributed by atoms with van der Waals surface area (Å²) in [5.41, 5.74) is 0.184. The fourth-order valence-corrected chi connectivity index (χ4v) is 3.46. The second-order valence-electron chi connectivity index (χ2n) is 5.94. The Hall–Kier alpha value is -0.900. The molecule has 3 rings (SSSR count). The molecule has 4 nitrogen and oxygen atoms in total. The van der Waals surface area contributed by atoms with Crippen LogP contribution in [0.5, 0.6) is 0 Å². The molecule has 100 valence electrons.